The lowest BCUT2D eigenvalue weighted by Crippen LogP contribution is -2.43. The maximum atomic E-state index is 12.5. The number of aromatic nitrogens is 1. The molecule has 1 saturated carbocycles. The van der Waals surface area contributed by atoms with Crippen LogP contribution in [0.4, 0.5) is 4.79 Å². The quantitative estimate of drug-likeness (QED) is 0.518. The molecule has 2 aliphatic rings. The van der Waals surface area contributed by atoms with Crippen LogP contribution in [0.15, 0.2) is 6.07 Å². The van der Waals surface area contributed by atoms with Crippen LogP contribution in [0.25, 0.3) is 0 Å². The number of nitrogens with zero attached hydrogens (tertiary/aromatic N) is 2. The monoisotopic (exact) mass is 331 g/mol. The predicted molar refractivity (Wildman–Crippen MR) is 85.4 cm³/mol. The van der Waals surface area contributed by atoms with Crippen LogP contribution in [-0.4, -0.2) is 51.0 Å². The van der Waals surface area contributed by atoms with Gasteiger partial charge in [0, 0.05) is 23.0 Å². The highest BCUT2D eigenvalue weighted by Crippen LogP contribution is 2.27. The third-order valence-electron chi connectivity index (χ3n) is 4.78. The molecule has 128 valence electrons. The molecule has 24 heavy (non-hydrogen) atoms. The fourth-order valence-corrected chi connectivity index (χ4v) is 3.57. The molecule has 0 spiro atoms. The van der Waals surface area contributed by atoms with Gasteiger partial charge in [0.2, 0.25) is 0 Å². The van der Waals surface area contributed by atoms with E-state index in [-0.39, 0.29) is 11.8 Å². The van der Waals surface area contributed by atoms with Gasteiger partial charge >= 0.3 is 17.8 Å². The highest BCUT2D eigenvalue weighted by molar-refractivity contribution is 6.45. The van der Waals surface area contributed by atoms with Crippen molar-refractivity contribution >= 4 is 23.6 Å². The molecular weight excluding hydrogens is 310 g/mol. The molecule has 1 aromatic heterocycles. The number of aromatic amines is 1. The molecule has 3 rings (SSSR count). The summed E-state index contributed by atoms with van der Waals surface area (Å²) < 4.78 is 0. The molecule has 2 heterocycles. The molecule has 1 aliphatic carbocycles. The zero-order valence-electron chi connectivity index (χ0n) is 13.9. The Morgan fingerprint density at radius 3 is 2.38 bits per heavy atom. The van der Waals surface area contributed by atoms with E-state index in [1.165, 1.54) is 0 Å². The number of urea groups is 1. The van der Waals surface area contributed by atoms with Crippen molar-refractivity contribution in [3.63, 3.8) is 0 Å². The summed E-state index contributed by atoms with van der Waals surface area (Å²) in [7, 11) is 0. The predicted octanol–water partition coefficient (Wildman–Crippen LogP) is 1.94. The molecule has 0 bridgehead atoms. The molecule has 1 aromatic rings. The molecule has 2 fully saturated rings. The van der Waals surface area contributed by atoms with Gasteiger partial charge in [-0.05, 0) is 32.8 Å². The molecule has 0 unspecified atom stereocenters. The lowest BCUT2D eigenvalue weighted by molar-refractivity contribution is -0.144. The van der Waals surface area contributed by atoms with Gasteiger partial charge in [-0.1, -0.05) is 19.3 Å². The second kappa shape index (κ2) is 6.22. The minimum absolute atomic E-state index is 0.223. The van der Waals surface area contributed by atoms with E-state index in [0.29, 0.717) is 11.3 Å². The zero-order chi connectivity index (χ0) is 17.4. The highest BCUT2D eigenvalue weighted by Gasteiger charge is 2.48. The van der Waals surface area contributed by atoms with Crippen molar-refractivity contribution in [2.24, 2.45) is 0 Å². The van der Waals surface area contributed by atoms with Crippen molar-refractivity contribution in [3.8, 4) is 0 Å². The van der Waals surface area contributed by atoms with Gasteiger partial charge in [-0.25, -0.2) is 9.69 Å². The van der Waals surface area contributed by atoms with E-state index in [1.807, 2.05) is 6.92 Å². The van der Waals surface area contributed by atoms with Crippen LogP contribution in [0, 0.1) is 13.8 Å². The maximum absolute atomic E-state index is 12.5. The Labute approximate surface area is 140 Å². The number of Topliss-reactive ketones (excluding diaryl/α,β-unsaturated/α-hetero) is 1. The Bertz CT molecular complexity index is 715. The van der Waals surface area contributed by atoms with E-state index in [2.05, 4.69) is 4.98 Å². The third-order valence-corrected chi connectivity index (χ3v) is 4.78. The Kier molecular flexibility index (Phi) is 4.26. The van der Waals surface area contributed by atoms with Crippen molar-refractivity contribution in [2.45, 2.75) is 52.0 Å². The van der Waals surface area contributed by atoms with Gasteiger partial charge in [0.15, 0.2) is 5.78 Å². The third kappa shape index (κ3) is 2.74. The Morgan fingerprint density at radius 1 is 1.12 bits per heavy atom. The van der Waals surface area contributed by atoms with Crippen LogP contribution >= 0.6 is 0 Å². The smallest absolute Gasteiger partial charge is 0.334 e. The summed E-state index contributed by atoms with van der Waals surface area (Å²) in [5.74, 6) is -2.05. The van der Waals surface area contributed by atoms with Gasteiger partial charge in [-0.15, -0.1) is 0 Å². The van der Waals surface area contributed by atoms with Crippen LogP contribution in [0.2, 0.25) is 0 Å². The Morgan fingerprint density at radius 2 is 1.79 bits per heavy atom. The number of imide groups is 2. The zero-order valence-corrected chi connectivity index (χ0v) is 13.9. The topological polar surface area (TPSA) is 90.6 Å². The van der Waals surface area contributed by atoms with Gasteiger partial charge in [0.05, 0.1) is 6.54 Å². The van der Waals surface area contributed by atoms with Gasteiger partial charge in [-0.2, -0.15) is 0 Å². The van der Waals surface area contributed by atoms with Crippen molar-refractivity contribution in [3.05, 3.63) is 23.0 Å². The van der Waals surface area contributed by atoms with Crippen molar-refractivity contribution in [1.82, 2.24) is 14.8 Å². The molecule has 0 atom stereocenters. The van der Waals surface area contributed by atoms with Crippen LogP contribution in [0.3, 0.4) is 0 Å². The normalized spacial score (nSPS) is 19.5. The number of aryl methyl sites for hydroxylation is 2. The van der Waals surface area contributed by atoms with Gasteiger partial charge in [-0.3, -0.25) is 19.3 Å². The highest BCUT2D eigenvalue weighted by atomic mass is 16.2. The first-order valence-electron chi connectivity index (χ1n) is 8.28. The Hall–Kier alpha value is -2.44. The number of nitrogens with one attached hydrogen (secondary N) is 1. The first kappa shape index (κ1) is 16.4. The van der Waals surface area contributed by atoms with Crippen molar-refractivity contribution in [2.75, 3.05) is 6.54 Å². The number of rotatable bonds is 4. The molecule has 0 aromatic carbocycles. The average molecular weight is 331 g/mol. The van der Waals surface area contributed by atoms with Crippen LogP contribution in [0.1, 0.15) is 53.8 Å². The summed E-state index contributed by atoms with van der Waals surface area (Å²) in [5.41, 5.74) is 1.96. The summed E-state index contributed by atoms with van der Waals surface area (Å²) in [6.45, 7) is 3.18. The molecular formula is C17H21N3O4. The van der Waals surface area contributed by atoms with E-state index in [1.54, 1.807) is 13.0 Å². The fraction of sp³-hybridized carbons (Fsp3) is 0.529. The molecule has 1 N–H and O–H groups in total. The van der Waals surface area contributed by atoms with Gasteiger partial charge in [0.25, 0.3) is 0 Å². The number of hydrogen-bond donors (Lipinski definition) is 1. The number of carbonyl (C=O) groups is 4. The number of amides is 4. The summed E-state index contributed by atoms with van der Waals surface area (Å²) in [6, 6.07) is 0.804. The summed E-state index contributed by atoms with van der Waals surface area (Å²) in [5, 5.41) is 0. The second-order valence-electron chi connectivity index (χ2n) is 6.56. The minimum Gasteiger partial charge on any atom is -0.362 e. The number of ketones is 1. The van der Waals surface area contributed by atoms with Crippen LogP contribution in [0.5, 0.6) is 0 Å². The van der Waals surface area contributed by atoms with Crippen molar-refractivity contribution in [1.29, 1.82) is 0 Å². The first-order valence-corrected chi connectivity index (χ1v) is 8.28. The standard InChI is InChI=1S/C17H21N3O4/c1-10-8-13(11(2)18-10)14(21)9-19-15(22)16(23)20(17(19)24)12-6-4-3-5-7-12/h8,12,18H,3-7,9H2,1-2H3. The van der Waals surface area contributed by atoms with Crippen LogP contribution in [-0.2, 0) is 9.59 Å². The van der Waals surface area contributed by atoms with E-state index < -0.39 is 24.4 Å². The average Bonchev–Trinajstić information content (AvgIpc) is 3.00. The molecule has 1 aliphatic heterocycles. The largest absolute Gasteiger partial charge is 0.362 e. The Balaban J connectivity index is 1.77. The fourth-order valence-electron chi connectivity index (χ4n) is 3.57. The molecule has 4 amide bonds. The minimum atomic E-state index is -0.899. The molecule has 1 saturated heterocycles. The lowest BCUT2D eigenvalue weighted by Gasteiger charge is -2.28. The summed E-state index contributed by atoms with van der Waals surface area (Å²) in [4.78, 5) is 54.2. The second-order valence-corrected chi connectivity index (χ2v) is 6.56. The van der Waals surface area contributed by atoms with Crippen molar-refractivity contribution < 1.29 is 19.2 Å². The van der Waals surface area contributed by atoms with E-state index in [0.717, 1.165) is 47.6 Å². The summed E-state index contributed by atoms with van der Waals surface area (Å²) >= 11 is 0. The molecule has 0 radical (unpaired) electrons. The van der Waals surface area contributed by atoms with E-state index in [9.17, 15) is 19.2 Å². The summed E-state index contributed by atoms with van der Waals surface area (Å²) in [6.07, 6.45) is 4.41. The van der Waals surface area contributed by atoms with Crippen LogP contribution < -0.4 is 0 Å². The number of hydrogen-bond acceptors (Lipinski definition) is 4. The molecule has 7 heteroatoms. The lowest BCUT2D eigenvalue weighted by atomic mass is 9.94. The first-order chi connectivity index (χ1) is 11.4. The molecule has 7 nitrogen and oxygen atoms in total. The van der Waals surface area contributed by atoms with Gasteiger partial charge in [0.1, 0.15) is 0 Å². The SMILES string of the molecule is Cc1cc(C(=O)CN2C(=O)C(=O)N(C3CCCCC3)C2=O)c(C)[nH]1. The van der Waals surface area contributed by atoms with E-state index in [4.69, 9.17) is 0 Å². The maximum Gasteiger partial charge on any atom is 0.334 e. The number of carbonyl (C=O) groups excluding carboxylic acids is 4. The van der Waals surface area contributed by atoms with Gasteiger partial charge < -0.3 is 4.98 Å². The van der Waals surface area contributed by atoms with E-state index >= 15 is 0 Å². The number of H-pyrrole nitrogens is 1.